The lowest BCUT2D eigenvalue weighted by Crippen LogP contribution is -2.28. The van der Waals surface area contributed by atoms with E-state index in [0.717, 1.165) is 42.0 Å². The zero-order valence-corrected chi connectivity index (χ0v) is 19.5. The first-order valence-electron chi connectivity index (χ1n) is 11.3. The first kappa shape index (κ1) is 21.4. The number of nitrogen functional groups attached to an aromatic ring is 1. The second-order valence-corrected chi connectivity index (χ2v) is 10.4. The van der Waals surface area contributed by atoms with E-state index < -0.39 is 11.1 Å². The SMILES string of the molecule is COc1ccccc1S(=O)[O-].Nc1noc2c1CC1(CC1)c1ccc(N3C[C@@H]4C[C@@H]4C3=O)cc1-2.[HH]. The molecule has 3 aromatic rings. The molecule has 2 heterocycles. The summed E-state index contributed by atoms with van der Waals surface area (Å²) in [5.41, 5.74) is 10.7. The highest BCUT2D eigenvalue weighted by molar-refractivity contribution is 7.79. The Morgan fingerprint density at radius 3 is 2.74 bits per heavy atom. The second-order valence-electron chi connectivity index (χ2n) is 9.50. The van der Waals surface area contributed by atoms with Crippen LogP contribution in [0.5, 0.6) is 5.75 Å². The van der Waals surface area contributed by atoms with Crippen molar-refractivity contribution in [3.05, 3.63) is 53.6 Å². The molecular formula is C25H26N3O5S-. The molecule has 1 saturated heterocycles. The largest absolute Gasteiger partial charge is 0.768 e. The summed E-state index contributed by atoms with van der Waals surface area (Å²) in [7, 11) is 1.44. The standard InChI is InChI=1S/C18H17N3O2.C7H8O3S.H2/c19-16-13-7-18(3-4-18)14-2-1-10(6-12(14)15(13)23-20-16)21-8-9-5-11(9)17(21)22;1-10-6-4-2-3-5-7(6)11(8)9;/h1-2,6,9,11H,3-5,7-8H2,(H2,19,20);2-5H,1H3,(H,8,9);1H/p-1/t9-,11-;;/m0../s1. The molecule has 3 fully saturated rings. The van der Waals surface area contributed by atoms with Gasteiger partial charge in [0.2, 0.25) is 5.91 Å². The number of nitrogens with two attached hydrogens (primary N) is 1. The molecule has 1 aliphatic heterocycles. The van der Waals surface area contributed by atoms with Crippen LogP contribution >= 0.6 is 0 Å². The Kier molecular flexibility index (Phi) is 4.82. The van der Waals surface area contributed by atoms with E-state index in [1.54, 1.807) is 18.2 Å². The van der Waals surface area contributed by atoms with Gasteiger partial charge in [-0.25, -0.2) is 0 Å². The molecule has 1 unspecified atom stereocenters. The Morgan fingerprint density at radius 2 is 2.09 bits per heavy atom. The summed E-state index contributed by atoms with van der Waals surface area (Å²) in [6, 6.07) is 12.9. The van der Waals surface area contributed by atoms with Crippen molar-refractivity contribution >= 4 is 28.5 Å². The normalized spacial score (nSPS) is 23.4. The molecule has 2 aromatic carbocycles. The van der Waals surface area contributed by atoms with Gasteiger partial charge < -0.3 is 24.4 Å². The van der Waals surface area contributed by atoms with E-state index >= 15 is 0 Å². The van der Waals surface area contributed by atoms with Gasteiger partial charge in [0.1, 0.15) is 5.75 Å². The monoisotopic (exact) mass is 480 g/mol. The van der Waals surface area contributed by atoms with Crippen molar-refractivity contribution in [1.82, 2.24) is 5.16 Å². The lowest BCUT2D eigenvalue weighted by Gasteiger charge is -2.26. The van der Waals surface area contributed by atoms with E-state index in [1.165, 1.54) is 31.6 Å². The number of aromatic nitrogens is 1. The summed E-state index contributed by atoms with van der Waals surface area (Å²) in [6.45, 7) is 0.860. The number of fused-ring (bicyclic) bond motifs is 5. The van der Waals surface area contributed by atoms with Crippen molar-refractivity contribution in [3.8, 4) is 17.1 Å². The van der Waals surface area contributed by atoms with E-state index in [4.69, 9.17) is 15.0 Å². The van der Waals surface area contributed by atoms with Gasteiger partial charge in [-0.2, -0.15) is 0 Å². The van der Waals surface area contributed by atoms with Crippen LogP contribution in [0.2, 0.25) is 0 Å². The average Bonchev–Trinajstić information content (AvgIpc) is 3.74. The quantitative estimate of drug-likeness (QED) is 0.568. The minimum absolute atomic E-state index is 0. The van der Waals surface area contributed by atoms with E-state index in [9.17, 15) is 13.6 Å². The van der Waals surface area contributed by atoms with E-state index in [0.29, 0.717) is 17.5 Å². The molecule has 2 N–H and O–H groups in total. The summed E-state index contributed by atoms with van der Waals surface area (Å²) in [6.07, 6.45) is 4.38. The van der Waals surface area contributed by atoms with Gasteiger partial charge in [0.15, 0.2) is 11.6 Å². The number of hydrogen-bond acceptors (Lipinski definition) is 7. The zero-order valence-electron chi connectivity index (χ0n) is 18.7. The summed E-state index contributed by atoms with van der Waals surface area (Å²) >= 11 is -2.22. The van der Waals surface area contributed by atoms with Crippen LogP contribution < -0.4 is 15.4 Å². The summed E-state index contributed by atoms with van der Waals surface area (Å²) < 4.78 is 31.3. The highest BCUT2D eigenvalue weighted by Gasteiger charge is 2.53. The number of nitrogens with zero attached hydrogens (tertiary/aromatic N) is 2. The lowest BCUT2D eigenvalue weighted by molar-refractivity contribution is -0.118. The molecule has 1 amide bonds. The maximum atomic E-state index is 12.4. The number of carbonyl (C=O) groups excluding carboxylic acids is 1. The average molecular weight is 481 g/mol. The molecule has 3 aliphatic carbocycles. The van der Waals surface area contributed by atoms with E-state index in [1.807, 2.05) is 4.90 Å². The fourth-order valence-electron chi connectivity index (χ4n) is 5.35. The highest BCUT2D eigenvalue weighted by atomic mass is 32.2. The number of para-hydroxylation sites is 1. The minimum atomic E-state index is -2.22. The van der Waals surface area contributed by atoms with Crippen molar-refractivity contribution in [2.24, 2.45) is 11.8 Å². The third-order valence-electron chi connectivity index (χ3n) is 7.49. The Labute approximate surface area is 200 Å². The molecule has 8 nitrogen and oxygen atoms in total. The fourth-order valence-corrected chi connectivity index (χ4v) is 5.86. The lowest BCUT2D eigenvalue weighted by atomic mass is 9.79. The third-order valence-corrected chi connectivity index (χ3v) is 8.19. The van der Waals surface area contributed by atoms with Crippen molar-refractivity contribution in [3.63, 3.8) is 0 Å². The zero-order chi connectivity index (χ0) is 23.6. The van der Waals surface area contributed by atoms with Crippen LogP contribution in [0.25, 0.3) is 11.3 Å². The predicted octanol–water partition coefficient (Wildman–Crippen LogP) is 3.67. The number of benzene rings is 2. The van der Waals surface area contributed by atoms with Crippen LogP contribution in [0.15, 0.2) is 51.9 Å². The third kappa shape index (κ3) is 3.33. The number of amides is 1. The number of methoxy groups -OCH3 is 1. The number of rotatable bonds is 3. The number of carbonyl (C=O) groups is 1. The minimum Gasteiger partial charge on any atom is -0.768 e. The van der Waals surface area contributed by atoms with Crippen LogP contribution in [0.4, 0.5) is 11.5 Å². The van der Waals surface area contributed by atoms with Crippen LogP contribution in [-0.4, -0.2) is 33.5 Å². The smallest absolute Gasteiger partial charge is 0.230 e. The van der Waals surface area contributed by atoms with Gasteiger partial charge >= 0.3 is 0 Å². The van der Waals surface area contributed by atoms with E-state index in [2.05, 4.69) is 23.4 Å². The van der Waals surface area contributed by atoms with Crippen LogP contribution in [0.1, 0.15) is 31.8 Å². The molecule has 1 aromatic heterocycles. The Bertz CT molecular complexity index is 1340. The first-order valence-corrected chi connectivity index (χ1v) is 12.4. The Balaban J connectivity index is 0.000000181. The molecule has 7 rings (SSSR count). The molecule has 0 bridgehead atoms. The number of ether oxygens (including phenoxy) is 1. The Hall–Kier alpha value is -3.17. The van der Waals surface area contributed by atoms with Crippen LogP contribution in [0.3, 0.4) is 0 Å². The van der Waals surface area contributed by atoms with Crippen molar-refractivity contribution in [2.45, 2.75) is 36.0 Å². The van der Waals surface area contributed by atoms with E-state index in [-0.39, 0.29) is 23.6 Å². The maximum Gasteiger partial charge on any atom is 0.230 e. The van der Waals surface area contributed by atoms with Crippen LogP contribution in [0, 0.1) is 11.8 Å². The predicted molar refractivity (Wildman–Crippen MR) is 127 cm³/mol. The van der Waals surface area contributed by atoms with Gasteiger partial charge in [-0.05, 0) is 72.5 Å². The van der Waals surface area contributed by atoms with Gasteiger partial charge in [-0.15, -0.1) is 0 Å². The molecule has 0 radical (unpaired) electrons. The number of piperidine rings is 1. The molecule has 2 saturated carbocycles. The number of hydrogen-bond donors (Lipinski definition) is 1. The van der Waals surface area contributed by atoms with Crippen LogP contribution in [-0.2, 0) is 27.7 Å². The van der Waals surface area contributed by atoms with Crippen molar-refractivity contribution in [1.29, 1.82) is 0 Å². The maximum absolute atomic E-state index is 12.4. The molecule has 34 heavy (non-hydrogen) atoms. The highest BCUT2D eigenvalue weighted by Crippen LogP contribution is 2.58. The summed E-state index contributed by atoms with van der Waals surface area (Å²) in [5.74, 6) is 2.82. The molecule has 3 atom stereocenters. The van der Waals surface area contributed by atoms with Gasteiger partial charge in [0.05, 0.1) is 12.0 Å². The van der Waals surface area contributed by atoms with Gasteiger partial charge in [-0.3, -0.25) is 9.00 Å². The second kappa shape index (κ2) is 7.68. The fraction of sp³-hybridized carbons (Fsp3) is 0.360. The van der Waals surface area contributed by atoms with Crippen molar-refractivity contribution in [2.75, 3.05) is 24.3 Å². The first-order chi connectivity index (χ1) is 16.4. The van der Waals surface area contributed by atoms with Gasteiger partial charge in [0, 0.05) is 36.1 Å². The van der Waals surface area contributed by atoms with Gasteiger partial charge in [0.25, 0.3) is 0 Å². The molecule has 178 valence electrons. The molecule has 1 spiro atoms. The Morgan fingerprint density at radius 1 is 1.29 bits per heavy atom. The topological polar surface area (TPSA) is 122 Å². The van der Waals surface area contributed by atoms with Gasteiger partial charge in [-0.1, -0.05) is 23.4 Å². The molecular weight excluding hydrogens is 454 g/mol. The summed E-state index contributed by atoms with van der Waals surface area (Å²) in [5, 5.41) is 3.97. The molecule has 9 heteroatoms. The number of anilines is 2. The summed E-state index contributed by atoms with van der Waals surface area (Å²) in [4.78, 5) is 14.5. The molecule has 4 aliphatic rings. The van der Waals surface area contributed by atoms with Crippen molar-refractivity contribution < 1.29 is 24.2 Å².